The van der Waals surface area contributed by atoms with Crippen molar-refractivity contribution in [2.75, 3.05) is 35.3 Å². The van der Waals surface area contributed by atoms with Crippen molar-refractivity contribution in [2.24, 2.45) is 5.92 Å². The van der Waals surface area contributed by atoms with Gasteiger partial charge in [-0.25, -0.2) is 14.0 Å². The van der Waals surface area contributed by atoms with Gasteiger partial charge in [0.05, 0.1) is 11.4 Å². The van der Waals surface area contributed by atoms with Crippen LogP contribution in [0.4, 0.5) is 31.0 Å². The summed E-state index contributed by atoms with van der Waals surface area (Å²) in [5.74, 6) is 0.0450. The average Bonchev–Trinajstić information content (AvgIpc) is 2.78. The van der Waals surface area contributed by atoms with Gasteiger partial charge in [0, 0.05) is 18.8 Å². The summed E-state index contributed by atoms with van der Waals surface area (Å²) < 4.78 is 23.3. The molecule has 7 nitrogen and oxygen atoms in total. The Hall–Kier alpha value is -3.81. The summed E-state index contributed by atoms with van der Waals surface area (Å²) in [5, 5.41) is 5.26. The van der Waals surface area contributed by atoms with E-state index in [-0.39, 0.29) is 19.0 Å². The molecule has 0 aliphatic rings. The molecule has 0 heterocycles. The zero-order chi connectivity index (χ0) is 24.2. The second-order valence-corrected chi connectivity index (χ2v) is 7.65. The van der Waals surface area contributed by atoms with E-state index in [0.717, 1.165) is 11.3 Å². The Kier molecular flexibility index (Phi) is 9.95. The van der Waals surface area contributed by atoms with Gasteiger partial charge in [-0.15, -0.1) is 0 Å². The Morgan fingerprint density at radius 1 is 0.970 bits per heavy atom. The summed E-state index contributed by atoms with van der Waals surface area (Å²) in [5.41, 5.74) is 2.42. The fourth-order valence-corrected chi connectivity index (χ4v) is 3.01. The molecule has 0 bridgehead atoms. The first kappa shape index (κ1) is 25.5. The molecule has 2 amide bonds. The first-order valence-electron chi connectivity index (χ1n) is 10.5. The van der Waals surface area contributed by atoms with Crippen molar-refractivity contribution in [1.29, 1.82) is 0 Å². The number of rotatable bonds is 11. The highest BCUT2D eigenvalue weighted by Crippen LogP contribution is 2.30. The molecule has 176 valence electrons. The number of benzene rings is 2. The largest absolute Gasteiger partial charge is 0.445 e. The molecule has 0 aliphatic heterocycles. The first-order chi connectivity index (χ1) is 15.8. The number of halogens is 1. The van der Waals surface area contributed by atoms with Gasteiger partial charge in [-0.05, 0) is 41.8 Å². The number of carbonyl (C=O) groups excluding carboxylic acids is 2. The van der Waals surface area contributed by atoms with Crippen LogP contribution in [0.3, 0.4) is 0 Å². The topological polar surface area (TPSA) is 79.9 Å². The Morgan fingerprint density at radius 3 is 2.09 bits per heavy atom. The van der Waals surface area contributed by atoms with E-state index in [2.05, 4.69) is 42.5 Å². The van der Waals surface area contributed by atoms with E-state index in [0.29, 0.717) is 30.4 Å². The predicted molar refractivity (Wildman–Crippen MR) is 129 cm³/mol. The average molecular weight is 456 g/mol. The van der Waals surface area contributed by atoms with Gasteiger partial charge in [0.25, 0.3) is 0 Å². The molecule has 2 aromatic carbocycles. The molecule has 2 rings (SSSR count). The molecule has 8 heteroatoms. The number of ether oxygens (including phenoxy) is 2. The number of carbonyl (C=O) groups is 2. The van der Waals surface area contributed by atoms with Crippen LogP contribution in [0.1, 0.15) is 19.4 Å². The Bertz CT molecular complexity index is 961. The van der Waals surface area contributed by atoms with Crippen molar-refractivity contribution in [2.45, 2.75) is 20.4 Å². The summed E-state index contributed by atoms with van der Waals surface area (Å²) >= 11 is 0. The second kappa shape index (κ2) is 12.9. The molecule has 0 saturated carbocycles. The molecule has 33 heavy (non-hydrogen) atoms. The first-order valence-corrected chi connectivity index (χ1v) is 10.5. The molecule has 2 N–H and O–H groups in total. The third kappa shape index (κ3) is 8.68. The maximum Gasteiger partial charge on any atom is 0.412 e. The third-order valence-electron chi connectivity index (χ3n) is 4.38. The van der Waals surface area contributed by atoms with Gasteiger partial charge in [-0.2, -0.15) is 0 Å². The van der Waals surface area contributed by atoms with E-state index in [1.807, 2.05) is 6.07 Å². The second-order valence-electron chi connectivity index (χ2n) is 7.65. The van der Waals surface area contributed by atoms with E-state index in [9.17, 15) is 14.0 Å². The third-order valence-corrected chi connectivity index (χ3v) is 4.38. The molecule has 0 radical (unpaired) electrons. The Balaban J connectivity index is 2.35. The number of hydrogen-bond acceptors (Lipinski definition) is 5. The van der Waals surface area contributed by atoms with Crippen LogP contribution in [0.2, 0.25) is 0 Å². The standard InChI is InChI=1S/C25H30FN3O4/c1-5-13-32-24(30)27-22-12-11-21(15-23(22)28-25(31)33-14-6-2)29(16-18(3)4)17-19-7-9-20(26)10-8-19/h5-12,15,18H,1-2,13-14,16-17H2,3-4H3,(H,27,30)(H,28,31). The normalized spacial score (nSPS) is 10.3. The van der Waals surface area contributed by atoms with E-state index in [1.54, 1.807) is 24.3 Å². The fraction of sp³-hybridized carbons (Fsp3) is 0.280. The van der Waals surface area contributed by atoms with Crippen LogP contribution >= 0.6 is 0 Å². The lowest BCUT2D eigenvalue weighted by atomic mass is 10.1. The summed E-state index contributed by atoms with van der Waals surface area (Å²) in [6.45, 7) is 12.5. The quantitative estimate of drug-likeness (QED) is 0.409. The molecule has 0 aliphatic carbocycles. The zero-order valence-electron chi connectivity index (χ0n) is 19.0. The van der Waals surface area contributed by atoms with Gasteiger partial charge in [0.2, 0.25) is 0 Å². The van der Waals surface area contributed by atoms with E-state index >= 15 is 0 Å². The summed E-state index contributed by atoms with van der Waals surface area (Å²) in [6.07, 6.45) is 1.53. The summed E-state index contributed by atoms with van der Waals surface area (Å²) in [6, 6.07) is 11.6. The minimum Gasteiger partial charge on any atom is -0.445 e. The molecule has 0 unspecified atom stereocenters. The van der Waals surface area contributed by atoms with Gasteiger partial charge in [-0.1, -0.05) is 51.3 Å². The number of hydrogen-bond donors (Lipinski definition) is 2. The van der Waals surface area contributed by atoms with E-state index in [4.69, 9.17) is 9.47 Å². The SMILES string of the molecule is C=CCOC(=O)Nc1ccc(N(Cc2ccc(F)cc2)CC(C)C)cc1NC(=O)OCC=C. The molecule has 0 aromatic heterocycles. The number of anilines is 3. The minimum atomic E-state index is -0.691. The number of nitrogens with zero attached hydrogens (tertiary/aromatic N) is 1. The highest BCUT2D eigenvalue weighted by molar-refractivity contribution is 5.96. The molecule has 0 saturated heterocycles. The van der Waals surface area contributed by atoms with Crippen LogP contribution < -0.4 is 15.5 Å². The van der Waals surface area contributed by atoms with Crippen molar-refractivity contribution >= 4 is 29.2 Å². The molecule has 0 spiro atoms. The Labute approximate surface area is 193 Å². The molecular weight excluding hydrogens is 425 g/mol. The Morgan fingerprint density at radius 2 is 1.55 bits per heavy atom. The van der Waals surface area contributed by atoms with Crippen LogP contribution in [0, 0.1) is 11.7 Å². The lowest BCUT2D eigenvalue weighted by molar-refractivity contribution is 0.172. The van der Waals surface area contributed by atoms with Crippen LogP contribution in [0.25, 0.3) is 0 Å². The molecule has 0 fully saturated rings. The maximum atomic E-state index is 13.3. The van der Waals surface area contributed by atoms with Gasteiger partial charge in [-0.3, -0.25) is 10.6 Å². The highest BCUT2D eigenvalue weighted by atomic mass is 19.1. The van der Waals surface area contributed by atoms with Gasteiger partial charge in [0.1, 0.15) is 19.0 Å². The zero-order valence-corrected chi connectivity index (χ0v) is 19.0. The predicted octanol–water partition coefficient (Wildman–Crippen LogP) is 5.96. The van der Waals surface area contributed by atoms with E-state index < -0.39 is 12.2 Å². The van der Waals surface area contributed by atoms with Crippen molar-refractivity contribution in [3.8, 4) is 0 Å². The van der Waals surface area contributed by atoms with E-state index in [1.165, 1.54) is 24.3 Å². The highest BCUT2D eigenvalue weighted by Gasteiger charge is 2.16. The summed E-state index contributed by atoms with van der Waals surface area (Å²) in [7, 11) is 0. The lowest BCUT2D eigenvalue weighted by Crippen LogP contribution is -2.27. The van der Waals surface area contributed by atoms with Crippen LogP contribution in [0.15, 0.2) is 67.8 Å². The maximum absolute atomic E-state index is 13.3. The van der Waals surface area contributed by atoms with Crippen LogP contribution in [-0.2, 0) is 16.0 Å². The van der Waals surface area contributed by atoms with Crippen molar-refractivity contribution in [1.82, 2.24) is 0 Å². The van der Waals surface area contributed by atoms with Gasteiger partial charge in [0.15, 0.2) is 0 Å². The monoisotopic (exact) mass is 455 g/mol. The number of nitrogens with one attached hydrogen (secondary N) is 2. The number of amides is 2. The smallest absolute Gasteiger partial charge is 0.412 e. The summed E-state index contributed by atoms with van der Waals surface area (Å²) in [4.78, 5) is 26.3. The fourth-order valence-electron chi connectivity index (χ4n) is 3.01. The van der Waals surface area contributed by atoms with Gasteiger partial charge >= 0.3 is 12.2 Å². The van der Waals surface area contributed by atoms with Crippen molar-refractivity contribution in [3.63, 3.8) is 0 Å². The molecule has 0 atom stereocenters. The van der Waals surface area contributed by atoms with Crippen LogP contribution in [0.5, 0.6) is 0 Å². The minimum absolute atomic E-state index is 0.0414. The van der Waals surface area contributed by atoms with Crippen molar-refractivity contribution < 1.29 is 23.5 Å². The lowest BCUT2D eigenvalue weighted by Gasteiger charge is -2.28. The molecular formula is C25H30FN3O4. The van der Waals surface area contributed by atoms with Crippen LogP contribution in [-0.4, -0.2) is 31.9 Å². The van der Waals surface area contributed by atoms with Gasteiger partial charge < -0.3 is 14.4 Å². The van der Waals surface area contributed by atoms with Crippen molar-refractivity contribution in [3.05, 3.63) is 79.2 Å². The molecule has 2 aromatic rings.